The van der Waals surface area contributed by atoms with E-state index >= 15 is 0 Å². The molecule has 0 spiro atoms. The highest BCUT2D eigenvalue weighted by atomic mass is 16.8. The first-order valence-corrected chi connectivity index (χ1v) is 29.7. The van der Waals surface area contributed by atoms with E-state index in [1.54, 1.807) is 0 Å². The first-order valence-electron chi connectivity index (χ1n) is 29.7. The van der Waals surface area contributed by atoms with E-state index in [4.69, 9.17) is 52.1 Å². The van der Waals surface area contributed by atoms with Gasteiger partial charge < -0.3 is 129 Å². The maximum Gasteiger partial charge on any atom is 0.187 e. The number of allylic oxidation sites excluding steroid dienone is 1. The molecule has 82 heavy (non-hydrogen) atoms. The maximum atomic E-state index is 12.2. The molecule has 0 radical (unpaired) electrons. The summed E-state index contributed by atoms with van der Waals surface area (Å²) in [4.78, 5) is 0. The third-order valence-corrected chi connectivity index (χ3v) is 21.2. The van der Waals surface area contributed by atoms with Crippen molar-refractivity contribution in [1.82, 2.24) is 0 Å². The van der Waals surface area contributed by atoms with E-state index in [0.29, 0.717) is 43.4 Å². The Morgan fingerprint density at radius 3 is 1.84 bits per heavy atom. The summed E-state index contributed by atoms with van der Waals surface area (Å²) in [7, 11) is 0. The second kappa shape index (κ2) is 24.9. The van der Waals surface area contributed by atoms with Gasteiger partial charge in [0.25, 0.3) is 0 Å². The molecule has 472 valence electrons. The number of aliphatic hydroxyl groups excluding tert-OH is 14. The molecule has 6 heterocycles. The van der Waals surface area contributed by atoms with Gasteiger partial charge in [-0.15, -0.1) is 0 Å². The fraction of sp³-hybridized carbons (Fsp3) is 0.964. The maximum absolute atomic E-state index is 12.2. The normalized spacial score (nSPS) is 55.5. The number of fused-ring (bicyclic) bond motifs is 7. The highest BCUT2D eigenvalue weighted by Crippen LogP contribution is 2.70. The van der Waals surface area contributed by atoms with Gasteiger partial charge in [-0.3, -0.25) is 0 Å². The van der Waals surface area contributed by atoms with E-state index in [9.17, 15) is 76.6 Å². The Morgan fingerprint density at radius 2 is 1.20 bits per heavy atom. The summed E-state index contributed by atoms with van der Waals surface area (Å²) in [5.74, 6) is -0.536. The van der Waals surface area contributed by atoms with Gasteiger partial charge in [-0.25, -0.2) is 0 Å². The summed E-state index contributed by atoms with van der Waals surface area (Å²) in [5.41, 5.74) is 0.886. The van der Waals surface area contributed by atoms with E-state index in [2.05, 4.69) is 26.8 Å². The molecule has 26 nitrogen and oxygen atoms in total. The zero-order chi connectivity index (χ0) is 59.2. The molecule has 0 amide bonds. The molecule has 10 aliphatic rings. The Hall–Kier alpha value is -1.30. The summed E-state index contributed by atoms with van der Waals surface area (Å²) in [6.07, 6.45) is -29.4. The van der Waals surface area contributed by atoms with Gasteiger partial charge in [-0.1, -0.05) is 39.3 Å². The molecule has 0 aromatic carbocycles. The van der Waals surface area contributed by atoms with Crippen LogP contribution in [0, 0.1) is 46.3 Å². The van der Waals surface area contributed by atoms with Crippen molar-refractivity contribution in [2.45, 2.75) is 265 Å². The zero-order valence-electron chi connectivity index (χ0n) is 47.4. The predicted molar refractivity (Wildman–Crippen MR) is 275 cm³/mol. The molecule has 0 aromatic rings. The summed E-state index contributed by atoms with van der Waals surface area (Å²) >= 11 is 0. The minimum atomic E-state index is -1.87. The van der Waals surface area contributed by atoms with Crippen molar-refractivity contribution in [3.8, 4) is 0 Å². The van der Waals surface area contributed by atoms with Crippen LogP contribution in [0.1, 0.15) is 99.3 Å². The molecule has 15 N–H and O–H groups in total. The smallest absolute Gasteiger partial charge is 0.187 e. The van der Waals surface area contributed by atoms with E-state index in [0.717, 1.165) is 32.1 Å². The number of ether oxygens (including phenoxy) is 11. The first kappa shape index (κ1) is 63.7. The average molecular weight is 1180 g/mol. The van der Waals surface area contributed by atoms with Crippen LogP contribution in [0.15, 0.2) is 11.6 Å². The van der Waals surface area contributed by atoms with Crippen LogP contribution in [-0.4, -0.2) is 268 Å². The van der Waals surface area contributed by atoms with Crippen LogP contribution in [0.3, 0.4) is 0 Å². The molecule has 6 saturated heterocycles. The van der Waals surface area contributed by atoms with Gasteiger partial charge in [-0.05, 0) is 106 Å². The Morgan fingerprint density at radius 1 is 0.610 bits per heavy atom. The molecular weight excluding hydrogens is 1090 g/mol. The summed E-state index contributed by atoms with van der Waals surface area (Å²) in [6, 6.07) is 0. The highest BCUT2D eigenvalue weighted by Gasteiger charge is 2.68. The standard InChI is InChI=1S/C56H92O26/c1-21(19-72-49-43(68)41(66)38(63)32(17-57)77-49)9-14-56(71)22(2)34-31(82-56)16-29-27-8-7-25-15-26(10-12-54(25,5)28(27)11-13-55(29,34)6)76-53-48(81-52-45(70)40(65)36(61)24(4)75-52)47(80-50-42(67)37(62)30(59)20-73-50)46(33(18-58)78-53)79-51-44(69)39(64)35(60)23(3)74-51/h7,21-24,26-53,57-71H,8-20H2,1-6H3. The average Bonchev–Trinajstić information content (AvgIpc) is 4.04. The van der Waals surface area contributed by atoms with Gasteiger partial charge in [0, 0.05) is 12.3 Å². The van der Waals surface area contributed by atoms with Crippen molar-refractivity contribution in [2.24, 2.45) is 46.3 Å². The van der Waals surface area contributed by atoms with Crippen molar-refractivity contribution in [2.75, 3.05) is 26.4 Å². The monoisotopic (exact) mass is 1180 g/mol. The Balaban J connectivity index is 0.844. The molecule has 0 bridgehead atoms. The SMILES string of the molecule is CC(CCC1(O)OC2CC3C4CC=C5CC(OC6OC(CO)C(OC7OC(C)C(O)C(O)C7O)C(OC7OCC(O)C(O)C7O)C6OC6OC(C)C(O)C(O)C6O)CCC5(C)C4CCC3(C)C2C1C)COC1OC(CO)C(O)C(O)C1O. The van der Waals surface area contributed by atoms with Crippen molar-refractivity contribution < 1.29 is 129 Å². The minimum absolute atomic E-state index is 0.102. The van der Waals surface area contributed by atoms with Crippen LogP contribution < -0.4 is 0 Å². The zero-order valence-corrected chi connectivity index (χ0v) is 47.4. The van der Waals surface area contributed by atoms with Crippen molar-refractivity contribution in [3.05, 3.63) is 11.6 Å². The lowest BCUT2D eigenvalue weighted by Crippen LogP contribution is -2.68. The van der Waals surface area contributed by atoms with Crippen LogP contribution in [0.5, 0.6) is 0 Å². The fourth-order valence-electron chi connectivity index (χ4n) is 16.1. The van der Waals surface area contributed by atoms with Gasteiger partial charge in [0.1, 0.15) is 104 Å². The molecule has 4 aliphatic carbocycles. The molecule has 6 aliphatic heterocycles. The van der Waals surface area contributed by atoms with Crippen LogP contribution >= 0.6 is 0 Å². The lowest BCUT2D eigenvalue weighted by Gasteiger charge is -2.58. The minimum Gasteiger partial charge on any atom is -0.394 e. The van der Waals surface area contributed by atoms with Crippen molar-refractivity contribution >= 4 is 0 Å². The number of rotatable bonds is 16. The largest absolute Gasteiger partial charge is 0.394 e. The Kier molecular flexibility index (Phi) is 19.4. The summed E-state index contributed by atoms with van der Waals surface area (Å²) < 4.78 is 68.0. The number of hydrogen-bond acceptors (Lipinski definition) is 26. The predicted octanol–water partition coefficient (Wildman–Crippen LogP) is -3.52. The third kappa shape index (κ3) is 11.6. The van der Waals surface area contributed by atoms with Crippen molar-refractivity contribution in [1.29, 1.82) is 0 Å². The molecule has 0 aromatic heterocycles. The summed E-state index contributed by atoms with van der Waals surface area (Å²) in [5, 5.41) is 161. The molecule has 10 rings (SSSR count). The Bertz CT molecular complexity index is 2170. The molecule has 35 unspecified atom stereocenters. The lowest BCUT2D eigenvalue weighted by molar-refractivity contribution is -0.407. The number of hydrogen-bond donors (Lipinski definition) is 15. The fourth-order valence-corrected chi connectivity index (χ4v) is 16.1. The topological polar surface area (TPSA) is 405 Å². The second-order valence-corrected chi connectivity index (χ2v) is 26.2. The van der Waals surface area contributed by atoms with E-state index in [-0.39, 0.29) is 41.3 Å². The van der Waals surface area contributed by atoms with Crippen LogP contribution in [-0.2, 0) is 52.1 Å². The van der Waals surface area contributed by atoms with Gasteiger partial charge in [0.2, 0.25) is 0 Å². The molecular formula is C56H92O26. The van der Waals surface area contributed by atoms with Crippen LogP contribution in [0.4, 0.5) is 0 Å². The third-order valence-electron chi connectivity index (χ3n) is 21.2. The van der Waals surface area contributed by atoms with Crippen LogP contribution in [0.25, 0.3) is 0 Å². The van der Waals surface area contributed by atoms with Crippen molar-refractivity contribution in [3.63, 3.8) is 0 Å². The Labute approximate surface area is 476 Å². The molecule has 3 saturated carbocycles. The molecule has 35 atom stereocenters. The quantitative estimate of drug-likeness (QED) is 0.0666. The van der Waals surface area contributed by atoms with Gasteiger partial charge in [-0.2, -0.15) is 0 Å². The molecule has 26 heteroatoms. The number of aliphatic hydroxyl groups is 15. The van der Waals surface area contributed by atoms with Crippen LogP contribution in [0.2, 0.25) is 0 Å². The highest BCUT2D eigenvalue weighted by molar-refractivity contribution is 5.26. The van der Waals surface area contributed by atoms with Gasteiger partial charge >= 0.3 is 0 Å². The van der Waals surface area contributed by atoms with E-state index < -0.39 is 179 Å². The lowest BCUT2D eigenvalue weighted by atomic mass is 9.47. The van der Waals surface area contributed by atoms with E-state index in [1.807, 2.05) is 6.92 Å². The van der Waals surface area contributed by atoms with Gasteiger partial charge in [0.15, 0.2) is 37.2 Å². The summed E-state index contributed by atoms with van der Waals surface area (Å²) in [6.45, 7) is 9.92. The molecule has 9 fully saturated rings. The second-order valence-electron chi connectivity index (χ2n) is 26.2. The van der Waals surface area contributed by atoms with E-state index in [1.165, 1.54) is 19.4 Å². The van der Waals surface area contributed by atoms with Gasteiger partial charge in [0.05, 0.1) is 50.8 Å². The first-order chi connectivity index (χ1) is 38.7.